The van der Waals surface area contributed by atoms with Crippen molar-refractivity contribution >= 4 is 16.1 Å². The first-order valence-electron chi connectivity index (χ1n) is 6.17. The van der Waals surface area contributed by atoms with Crippen LogP contribution in [0.25, 0.3) is 6.08 Å². The lowest BCUT2D eigenvalue weighted by Crippen LogP contribution is -2.22. The van der Waals surface area contributed by atoms with E-state index < -0.39 is 10.0 Å². The second-order valence-corrected chi connectivity index (χ2v) is 6.85. The van der Waals surface area contributed by atoms with Crippen LogP contribution >= 0.6 is 0 Å². The number of sulfonamides is 1. The molecular weight excluding hydrogens is 278 g/mol. The van der Waals surface area contributed by atoms with Gasteiger partial charge in [-0.15, -0.1) is 0 Å². The molecule has 1 aromatic rings. The minimum Gasteiger partial charge on any atom is -0.493 e. The van der Waals surface area contributed by atoms with Gasteiger partial charge in [0.1, 0.15) is 0 Å². The molecule has 0 saturated heterocycles. The maximum Gasteiger partial charge on any atom is 0.242 e. The molecule has 0 heterocycles. The summed E-state index contributed by atoms with van der Waals surface area (Å²) in [6, 6.07) is 2.99. The predicted molar refractivity (Wildman–Crippen MR) is 79.7 cm³/mol. The Morgan fingerprint density at radius 3 is 2.30 bits per heavy atom. The smallest absolute Gasteiger partial charge is 0.242 e. The fourth-order valence-corrected chi connectivity index (χ4v) is 2.58. The van der Waals surface area contributed by atoms with Crippen molar-refractivity contribution in [1.82, 2.24) is 4.31 Å². The molecule has 0 bridgehead atoms. The van der Waals surface area contributed by atoms with Crippen molar-refractivity contribution in [2.75, 3.05) is 21.2 Å². The molecule has 0 radical (unpaired) electrons. The number of benzene rings is 1. The molecule has 0 aliphatic heterocycles. The van der Waals surface area contributed by atoms with Crippen molar-refractivity contribution in [3.63, 3.8) is 0 Å². The van der Waals surface area contributed by atoms with Gasteiger partial charge in [-0.1, -0.05) is 12.7 Å². The number of rotatable bonds is 6. The van der Waals surface area contributed by atoms with E-state index in [2.05, 4.69) is 6.58 Å². The van der Waals surface area contributed by atoms with Crippen molar-refractivity contribution in [3.8, 4) is 11.5 Å². The summed E-state index contributed by atoms with van der Waals surface area (Å²) in [7, 11) is 0.897. The van der Waals surface area contributed by atoms with Gasteiger partial charge in [0.05, 0.1) is 18.1 Å². The molecule has 0 atom stereocenters. The van der Waals surface area contributed by atoms with Crippen molar-refractivity contribution in [1.29, 1.82) is 0 Å². The van der Waals surface area contributed by atoms with E-state index in [1.807, 2.05) is 13.8 Å². The van der Waals surface area contributed by atoms with Crippen LogP contribution in [0.3, 0.4) is 0 Å². The van der Waals surface area contributed by atoms with Gasteiger partial charge in [0.25, 0.3) is 0 Å². The SMILES string of the molecule is C=Cc1cc(S(=O)(=O)N(C)C)cc(OC)c1OC(C)C. The molecular formula is C14H21NO4S. The number of nitrogens with zero attached hydrogens (tertiary/aromatic N) is 1. The van der Waals surface area contributed by atoms with Crippen LogP contribution in [0.1, 0.15) is 19.4 Å². The number of methoxy groups -OCH3 is 1. The van der Waals surface area contributed by atoms with Crippen LogP contribution in [0.15, 0.2) is 23.6 Å². The first-order chi connectivity index (χ1) is 9.23. The first-order valence-corrected chi connectivity index (χ1v) is 7.61. The monoisotopic (exact) mass is 299 g/mol. The quantitative estimate of drug-likeness (QED) is 0.809. The fraction of sp³-hybridized carbons (Fsp3) is 0.429. The Labute approximate surface area is 120 Å². The van der Waals surface area contributed by atoms with Crippen LogP contribution in [0.4, 0.5) is 0 Å². The second kappa shape index (κ2) is 6.28. The zero-order valence-corrected chi connectivity index (χ0v) is 13.3. The maximum absolute atomic E-state index is 12.2. The topological polar surface area (TPSA) is 55.8 Å². The molecule has 0 saturated carbocycles. The van der Waals surface area contributed by atoms with Crippen molar-refractivity contribution in [3.05, 3.63) is 24.3 Å². The summed E-state index contributed by atoms with van der Waals surface area (Å²) in [5, 5.41) is 0. The van der Waals surface area contributed by atoms with E-state index in [-0.39, 0.29) is 11.0 Å². The lowest BCUT2D eigenvalue weighted by molar-refractivity contribution is 0.229. The van der Waals surface area contributed by atoms with E-state index in [0.717, 1.165) is 4.31 Å². The Morgan fingerprint density at radius 2 is 1.90 bits per heavy atom. The molecule has 0 unspecified atom stereocenters. The van der Waals surface area contributed by atoms with Crippen LogP contribution in [0, 0.1) is 0 Å². The summed E-state index contributed by atoms with van der Waals surface area (Å²) in [5.41, 5.74) is 0.582. The van der Waals surface area contributed by atoms with Gasteiger partial charge in [-0.05, 0) is 19.9 Å². The van der Waals surface area contributed by atoms with Crippen molar-refractivity contribution in [2.45, 2.75) is 24.8 Å². The highest BCUT2D eigenvalue weighted by molar-refractivity contribution is 7.89. The molecule has 0 amide bonds. The van der Waals surface area contributed by atoms with Gasteiger partial charge < -0.3 is 9.47 Å². The van der Waals surface area contributed by atoms with E-state index in [9.17, 15) is 8.42 Å². The molecule has 0 aliphatic carbocycles. The average molecular weight is 299 g/mol. The first kappa shape index (κ1) is 16.5. The van der Waals surface area contributed by atoms with Gasteiger partial charge in [-0.3, -0.25) is 0 Å². The minimum atomic E-state index is -3.54. The van der Waals surface area contributed by atoms with Crippen LogP contribution in [-0.2, 0) is 10.0 Å². The van der Waals surface area contributed by atoms with Crippen LogP contribution in [0.2, 0.25) is 0 Å². The van der Waals surface area contributed by atoms with Crippen LogP contribution in [0.5, 0.6) is 11.5 Å². The summed E-state index contributed by atoms with van der Waals surface area (Å²) in [4.78, 5) is 0.144. The van der Waals surface area contributed by atoms with E-state index in [1.165, 1.54) is 33.3 Å². The molecule has 1 rings (SSSR count). The lowest BCUT2D eigenvalue weighted by Gasteiger charge is -2.19. The summed E-state index contributed by atoms with van der Waals surface area (Å²) in [6.45, 7) is 7.47. The summed E-state index contributed by atoms with van der Waals surface area (Å²) < 4.78 is 36.5. The Hall–Kier alpha value is -1.53. The third-order valence-electron chi connectivity index (χ3n) is 2.63. The van der Waals surface area contributed by atoms with Gasteiger partial charge in [0.15, 0.2) is 11.5 Å². The zero-order chi connectivity index (χ0) is 15.5. The Kier molecular flexibility index (Phi) is 5.19. The largest absolute Gasteiger partial charge is 0.493 e. The highest BCUT2D eigenvalue weighted by Gasteiger charge is 2.22. The highest BCUT2D eigenvalue weighted by atomic mass is 32.2. The number of hydrogen-bond donors (Lipinski definition) is 0. The van der Waals surface area contributed by atoms with Crippen molar-refractivity contribution < 1.29 is 17.9 Å². The third kappa shape index (κ3) is 3.32. The van der Waals surface area contributed by atoms with E-state index in [4.69, 9.17) is 9.47 Å². The summed E-state index contributed by atoms with van der Waals surface area (Å²) in [6.07, 6.45) is 1.49. The summed E-state index contributed by atoms with van der Waals surface area (Å²) >= 11 is 0. The van der Waals surface area contributed by atoms with Gasteiger partial charge >= 0.3 is 0 Å². The van der Waals surface area contributed by atoms with Crippen LogP contribution in [-0.4, -0.2) is 40.0 Å². The van der Waals surface area contributed by atoms with Gasteiger partial charge in [-0.2, -0.15) is 0 Å². The van der Waals surface area contributed by atoms with Gasteiger partial charge in [0.2, 0.25) is 10.0 Å². The molecule has 6 heteroatoms. The standard InChI is InChI=1S/C14H21NO4S/c1-7-11-8-12(20(16,17)15(4)5)9-13(18-6)14(11)19-10(2)3/h7-10H,1H2,2-6H3. The normalized spacial score (nSPS) is 11.8. The molecule has 1 aromatic carbocycles. The van der Waals surface area contributed by atoms with E-state index in [1.54, 1.807) is 6.08 Å². The van der Waals surface area contributed by atoms with Crippen LogP contribution < -0.4 is 9.47 Å². The van der Waals surface area contributed by atoms with Crippen molar-refractivity contribution in [2.24, 2.45) is 0 Å². The highest BCUT2D eigenvalue weighted by Crippen LogP contribution is 2.36. The fourth-order valence-electron chi connectivity index (χ4n) is 1.62. The van der Waals surface area contributed by atoms with Gasteiger partial charge in [0, 0.05) is 25.7 Å². The summed E-state index contributed by atoms with van der Waals surface area (Å²) in [5.74, 6) is 0.867. The molecule has 0 aliphatic rings. The van der Waals surface area contributed by atoms with Gasteiger partial charge in [-0.25, -0.2) is 12.7 Å². The predicted octanol–water partition coefficient (Wildman–Crippen LogP) is 2.38. The number of ether oxygens (including phenoxy) is 2. The second-order valence-electron chi connectivity index (χ2n) is 4.70. The molecule has 0 spiro atoms. The maximum atomic E-state index is 12.2. The zero-order valence-electron chi connectivity index (χ0n) is 12.5. The molecule has 5 nitrogen and oxygen atoms in total. The molecule has 112 valence electrons. The molecule has 0 N–H and O–H groups in total. The lowest BCUT2D eigenvalue weighted by atomic mass is 10.2. The number of hydrogen-bond acceptors (Lipinski definition) is 4. The Balaban J connectivity index is 3.52. The Bertz CT molecular complexity index is 591. The molecule has 0 aromatic heterocycles. The molecule has 0 fully saturated rings. The minimum absolute atomic E-state index is 0.0566. The average Bonchev–Trinajstić information content (AvgIpc) is 2.37. The molecule has 20 heavy (non-hydrogen) atoms. The van der Waals surface area contributed by atoms with E-state index in [0.29, 0.717) is 17.1 Å². The Morgan fingerprint density at radius 1 is 1.30 bits per heavy atom. The third-order valence-corrected chi connectivity index (χ3v) is 4.42. The van der Waals surface area contributed by atoms with E-state index >= 15 is 0 Å².